The lowest BCUT2D eigenvalue weighted by Gasteiger charge is -2.19. The van der Waals surface area contributed by atoms with Crippen molar-refractivity contribution in [1.82, 2.24) is 10.2 Å². The third-order valence-corrected chi connectivity index (χ3v) is 3.66. The number of anilines is 1. The molecule has 4 N–H and O–H groups in total. The van der Waals surface area contributed by atoms with Crippen LogP contribution >= 0.6 is 12.4 Å². The van der Waals surface area contributed by atoms with Gasteiger partial charge in [0.15, 0.2) is 0 Å². The number of alkyl halides is 3. The molecule has 0 bridgehead atoms. The largest absolute Gasteiger partial charge is 0.471 e. The molecule has 1 aromatic carbocycles. The van der Waals surface area contributed by atoms with E-state index < -0.39 is 29.9 Å². The molecule has 0 aliphatic heterocycles. The summed E-state index contributed by atoms with van der Waals surface area (Å²) in [5, 5.41) is 4.93. The van der Waals surface area contributed by atoms with Crippen LogP contribution in [0.5, 0.6) is 0 Å². The number of nitrogens with one attached hydrogen (secondary N) is 2. The highest BCUT2D eigenvalue weighted by molar-refractivity contribution is 5.95. The topological polar surface area (TPSA) is 105 Å². The van der Waals surface area contributed by atoms with E-state index in [0.717, 1.165) is 7.05 Å². The van der Waals surface area contributed by atoms with Crippen LogP contribution in [0, 0.1) is 5.92 Å². The summed E-state index contributed by atoms with van der Waals surface area (Å²) in [4.78, 5) is 35.3. The van der Waals surface area contributed by atoms with Crippen molar-refractivity contribution in [3.05, 3.63) is 29.8 Å². The fourth-order valence-electron chi connectivity index (χ4n) is 2.10. The zero-order chi connectivity index (χ0) is 20.8. The number of nitrogens with two attached hydrogens (primary N) is 1. The number of amides is 3. The first-order valence-electron chi connectivity index (χ1n) is 8.16. The van der Waals surface area contributed by atoms with Gasteiger partial charge in [0.2, 0.25) is 11.8 Å². The molecule has 0 aromatic heterocycles. The van der Waals surface area contributed by atoms with Crippen molar-refractivity contribution in [2.75, 3.05) is 18.9 Å². The molecule has 0 radical (unpaired) electrons. The number of hydrogen-bond donors (Lipinski definition) is 3. The Labute approximate surface area is 167 Å². The third kappa shape index (κ3) is 8.13. The highest BCUT2D eigenvalue weighted by Crippen LogP contribution is 2.19. The standard InChI is InChI=1S/C17H23F3N4O3.ClH/c1-10(2)14(21)15(26)22-8-13(25)23-12-6-4-5-11(7-12)9-24(3)16(27)17(18,19)20;/h4-7,10,14H,8-9,21H2,1-3H3,(H,22,26)(H,23,25);1H/t14-;/m0./s1. The summed E-state index contributed by atoms with van der Waals surface area (Å²) < 4.78 is 37.3. The van der Waals surface area contributed by atoms with E-state index in [1.165, 1.54) is 24.3 Å². The molecule has 158 valence electrons. The van der Waals surface area contributed by atoms with Gasteiger partial charge in [0.1, 0.15) is 0 Å². The summed E-state index contributed by atoms with van der Waals surface area (Å²) in [5.74, 6) is -3.01. The van der Waals surface area contributed by atoms with Crippen LogP contribution in [0.1, 0.15) is 19.4 Å². The molecule has 1 rings (SSSR count). The van der Waals surface area contributed by atoms with Gasteiger partial charge in [0.05, 0.1) is 12.6 Å². The SMILES string of the molecule is CC(C)[C@H](N)C(=O)NCC(=O)Nc1cccc(CN(C)C(=O)C(F)(F)F)c1.Cl. The lowest BCUT2D eigenvalue weighted by Crippen LogP contribution is -2.46. The molecule has 3 amide bonds. The Balaban J connectivity index is 0.00000729. The quantitative estimate of drug-likeness (QED) is 0.619. The highest BCUT2D eigenvalue weighted by Gasteiger charge is 2.41. The molecule has 7 nitrogen and oxygen atoms in total. The summed E-state index contributed by atoms with van der Waals surface area (Å²) in [6.45, 7) is 2.98. The van der Waals surface area contributed by atoms with Crippen molar-refractivity contribution in [3.8, 4) is 0 Å². The minimum absolute atomic E-state index is 0. The van der Waals surface area contributed by atoms with Crippen LogP contribution in [0.25, 0.3) is 0 Å². The fourth-order valence-corrected chi connectivity index (χ4v) is 2.10. The van der Waals surface area contributed by atoms with Crippen LogP contribution < -0.4 is 16.4 Å². The van der Waals surface area contributed by atoms with E-state index in [1.54, 1.807) is 13.8 Å². The Hall–Kier alpha value is -2.33. The molecule has 0 saturated carbocycles. The van der Waals surface area contributed by atoms with Crippen molar-refractivity contribution in [2.24, 2.45) is 11.7 Å². The Kier molecular flexibility index (Phi) is 9.96. The van der Waals surface area contributed by atoms with Crippen molar-refractivity contribution in [3.63, 3.8) is 0 Å². The molecule has 1 aromatic rings. The van der Waals surface area contributed by atoms with Gasteiger partial charge in [-0.2, -0.15) is 13.2 Å². The second-order valence-corrected chi connectivity index (χ2v) is 6.40. The monoisotopic (exact) mass is 424 g/mol. The molecule has 0 saturated heterocycles. The van der Waals surface area contributed by atoms with Gasteiger partial charge in [-0.3, -0.25) is 14.4 Å². The van der Waals surface area contributed by atoms with E-state index in [1.807, 2.05) is 0 Å². The normalized spacial score (nSPS) is 12.0. The lowest BCUT2D eigenvalue weighted by molar-refractivity contribution is -0.184. The molecule has 0 spiro atoms. The Morgan fingerprint density at radius 1 is 1.21 bits per heavy atom. The zero-order valence-electron chi connectivity index (χ0n) is 15.7. The molecule has 0 aliphatic carbocycles. The van der Waals surface area contributed by atoms with Crippen LogP contribution in [0.15, 0.2) is 24.3 Å². The zero-order valence-corrected chi connectivity index (χ0v) is 16.5. The molecular weight excluding hydrogens is 401 g/mol. The average Bonchev–Trinajstić information content (AvgIpc) is 2.57. The minimum atomic E-state index is -4.95. The van der Waals surface area contributed by atoms with Gasteiger partial charge >= 0.3 is 12.1 Å². The molecule has 0 unspecified atom stereocenters. The van der Waals surface area contributed by atoms with Crippen LogP contribution in [0.4, 0.5) is 18.9 Å². The number of nitrogens with zero attached hydrogens (tertiary/aromatic N) is 1. The predicted octanol–water partition coefficient (Wildman–Crippen LogP) is 1.67. The molecule has 0 heterocycles. The molecular formula is C17H24ClF3N4O3. The maximum absolute atomic E-state index is 12.4. The summed E-state index contributed by atoms with van der Waals surface area (Å²) >= 11 is 0. The number of hydrogen-bond acceptors (Lipinski definition) is 4. The van der Waals surface area contributed by atoms with Crippen LogP contribution in [-0.4, -0.2) is 48.4 Å². The molecule has 11 heteroatoms. The summed E-state index contributed by atoms with van der Waals surface area (Å²) in [6, 6.07) is 5.31. The first kappa shape index (κ1) is 25.7. The summed E-state index contributed by atoms with van der Waals surface area (Å²) in [6.07, 6.45) is -4.95. The predicted molar refractivity (Wildman–Crippen MR) is 101 cm³/mol. The second kappa shape index (κ2) is 10.9. The number of carbonyl (C=O) groups is 3. The number of benzene rings is 1. The number of carbonyl (C=O) groups excluding carboxylic acids is 3. The highest BCUT2D eigenvalue weighted by atomic mass is 35.5. The summed E-state index contributed by atoms with van der Waals surface area (Å²) in [5.41, 5.74) is 6.39. The average molecular weight is 425 g/mol. The van der Waals surface area contributed by atoms with Gasteiger partial charge in [0, 0.05) is 19.3 Å². The second-order valence-electron chi connectivity index (χ2n) is 6.40. The van der Waals surface area contributed by atoms with Crippen LogP contribution in [0.2, 0.25) is 0 Å². The maximum atomic E-state index is 12.4. The summed E-state index contributed by atoms with van der Waals surface area (Å²) in [7, 11) is 1.04. The number of halogens is 4. The van der Waals surface area contributed by atoms with Crippen LogP contribution in [-0.2, 0) is 20.9 Å². The van der Waals surface area contributed by atoms with Crippen LogP contribution in [0.3, 0.4) is 0 Å². The van der Waals surface area contributed by atoms with Crippen molar-refractivity contribution >= 4 is 35.8 Å². The smallest absolute Gasteiger partial charge is 0.346 e. The molecule has 0 aliphatic rings. The van der Waals surface area contributed by atoms with Crippen molar-refractivity contribution < 1.29 is 27.6 Å². The first-order valence-corrected chi connectivity index (χ1v) is 8.16. The molecule has 1 atom stereocenters. The fraction of sp³-hybridized carbons (Fsp3) is 0.471. The van der Waals surface area contributed by atoms with Gasteiger partial charge in [-0.05, 0) is 23.6 Å². The molecule has 28 heavy (non-hydrogen) atoms. The first-order chi connectivity index (χ1) is 12.4. The van der Waals surface area contributed by atoms with E-state index in [4.69, 9.17) is 5.73 Å². The van der Waals surface area contributed by atoms with Gasteiger partial charge < -0.3 is 21.3 Å². The lowest BCUT2D eigenvalue weighted by atomic mass is 10.1. The van der Waals surface area contributed by atoms with Gasteiger partial charge in [-0.25, -0.2) is 0 Å². The maximum Gasteiger partial charge on any atom is 0.471 e. The Morgan fingerprint density at radius 3 is 2.36 bits per heavy atom. The van der Waals surface area contributed by atoms with Crippen molar-refractivity contribution in [1.29, 1.82) is 0 Å². The van der Waals surface area contributed by atoms with E-state index in [0.29, 0.717) is 16.2 Å². The Bertz CT molecular complexity index is 698. The van der Waals surface area contributed by atoms with Gasteiger partial charge in [0.25, 0.3) is 0 Å². The molecule has 0 fully saturated rings. The van der Waals surface area contributed by atoms with Gasteiger partial charge in [-0.15, -0.1) is 12.4 Å². The van der Waals surface area contributed by atoms with E-state index >= 15 is 0 Å². The van der Waals surface area contributed by atoms with E-state index in [9.17, 15) is 27.6 Å². The minimum Gasteiger partial charge on any atom is -0.346 e. The number of rotatable bonds is 7. The van der Waals surface area contributed by atoms with E-state index in [-0.39, 0.29) is 31.4 Å². The Morgan fingerprint density at radius 2 is 1.82 bits per heavy atom. The van der Waals surface area contributed by atoms with Gasteiger partial charge in [-0.1, -0.05) is 26.0 Å². The van der Waals surface area contributed by atoms with E-state index in [2.05, 4.69) is 10.6 Å². The third-order valence-electron chi connectivity index (χ3n) is 3.66. The van der Waals surface area contributed by atoms with Crippen molar-refractivity contribution in [2.45, 2.75) is 32.6 Å².